The van der Waals surface area contributed by atoms with E-state index in [9.17, 15) is 25.1 Å². The van der Waals surface area contributed by atoms with Crippen molar-refractivity contribution in [3.8, 4) is 28.7 Å². The highest BCUT2D eigenvalue weighted by atomic mass is 35.5. The number of methoxy groups -OCH3 is 1. The zero-order valence-corrected chi connectivity index (χ0v) is 21.2. The van der Waals surface area contributed by atoms with Crippen LogP contribution < -0.4 is 10.1 Å². The van der Waals surface area contributed by atoms with Gasteiger partial charge in [-0.05, 0) is 25.3 Å². The third-order valence-corrected chi connectivity index (χ3v) is 6.85. The molecule has 0 aliphatic rings. The third kappa shape index (κ3) is 5.56. The molecule has 9 nitrogen and oxygen atoms in total. The summed E-state index contributed by atoms with van der Waals surface area (Å²) >= 11 is 12.5. The maximum Gasteiger partial charge on any atom is 0.326 e. The molecule has 0 aliphatic carbocycles. The van der Waals surface area contributed by atoms with Gasteiger partial charge in [0.2, 0.25) is 0 Å². The highest BCUT2D eigenvalue weighted by molar-refractivity contribution is 6.43. The van der Waals surface area contributed by atoms with Gasteiger partial charge in [-0.1, -0.05) is 42.3 Å². The number of hydrogen-bond acceptors (Lipinski definition) is 6. The van der Waals surface area contributed by atoms with Crippen LogP contribution in [0.2, 0.25) is 10.0 Å². The van der Waals surface area contributed by atoms with E-state index in [1.165, 1.54) is 19.4 Å². The van der Waals surface area contributed by atoms with E-state index in [1.54, 1.807) is 30.6 Å². The van der Waals surface area contributed by atoms with Gasteiger partial charge in [-0.2, -0.15) is 5.26 Å². The highest BCUT2D eigenvalue weighted by Gasteiger charge is 2.28. The van der Waals surface area contributed by atoms with Gasteiger partial charge in [0.25, 0.3) is 5.91 Å². The molecule has 3 atom stereocenters. The third-order valence-electron chi connectivity index (χ3n) is 6.04. The minimum atomic E-state index is -1.25. The van der Waals surface area contributed by atoms with Crippen LogP contribution in [0.1, 0.15) is 42.4 Å². The molecule has 36 heavy (non-hydrogen) atoms. The molecule has 2 aromatic heterocycles. The number of benzene rings is 1. The predicted molar refractivity (Wildman–Crippen MR) is 134 cm³/mol. The van der Waals surface area contributed by atoms with Crippen LogP contribution in [0, 0.1) is 17.2 Å². The van der Waals surface area contributed by atoms with E-state index in [0.717, 1.165) is 0 Å². The van der Waals surface area contributed by atoms with E-state index in [2.05, 4.69) is 16.4 Å². The SMILES string of the molecule is COc1ccnc(C(=O)N[C@@H](CC(C)C(C)n2cc(C#N)c(-c3cccc(Cl)c3Cl)c2)C(=O)O)c1O. The van der Waals surface area contributed by atoms with Gasteiger partial charge < -0.3 is 24.8 Å². The molecule has 1 aromatic carbocycles. The molecule has 2 heterocycles. The van der Waals surface area contributed by atoms with Gasteiger partial charge in [0.15, 0.2) is 17.2 Å². The minimum absolute atomic E-state index is 0.0422. The van der Waals surface area contributed by atoms with Crippen molar-refractivity contribution in [2.24, 2.45) is 5.92 Å². The molecule has 0 saturated carbocycles. The van der Waals surface area contributed by atoms with Crippen molar-refractivity contribution in [3.05, 3.63) is 64.2 Å². The number of hydrogen-bond donors (Lipinski definition) is 3. The summed E-state index contributed by atoms with van der Waals surface area (Å²) in [4.78, 5) is 28.4. The zero-order valence-electron chi connectivity index (χ0n) is 19.7. The van der Waals surface area contributed by atoms with Gasteiger partial charge in [-0.15, -0.1) is 0 Å². The monoisotopic (exact) mass is 530 g/mol. The Hall–Kier alpha value is -3.74. The average Bonchev–Trinajstić information content (AvgIpc) is 3.28. The molecule has 0 fully saturated rings. The number of nitrogens with one attached hydrogen (secondary N) is 1. The summed E-state index contributed by atoms with van der Waals surface area (Å²) < 4.78 is 6.78. The van der Waals surface area contributed by atoms with E-state index in [1.807, 2.05) is 18.4 Å². The summed E-state index contributed by atoms with van der Waals surface area (Å²) in [5.41, 5.74) is 1.27. The van der Waals surface area contributed by atoms with Crippen molar-refractivity contribution in [3.63, 3.8) is 0 Å². The molecule has 1 amide bonds. The second-order valence-electron chi connectivity index (χ2n) is 8.27. The molecule has 3 rings (SSSR count). The average molecular weight is 531 g/mol. The van der Waals surface area contributed by atoms with E-state index in [-0.39, 0.29) is 29.8 Å². The lowest BCUT2D eigenvalue weighted by Crippen LogP contribution is -2.42. The molecule has 3 N–H and O–H groups in total. The number of aromatic nitrogens is 2. The maximum atomic E-state index is 12.7. The maximum absolute atomic E-state index is 12.7. The van der Waals surface area contributed by atoms with E-state index < -0.39 is 23.7 Å². The highest BCUT2D eigenvalue weighted by Crippen LogP contribution is 2.37. The fourth-order valence-corrected chi connectivity index (χ4v) is 4.21. The molecular formula is C25H24Cl2N4O5. The zero-order chi connectivity index (χ0) is 26.6. The number of nitriles is 1. The summed E-state index contributed by atoms with van der Waals surface area (Å²) in [6, 6.07) is 7.20. The number of ether oxygens (including phenoxy) is 1. The van der Waals surface area contributed by atoms with E-state index in [4.69, 9.17) is 27.9 Å². The fraction of sp³-hybridized carbons (Fsp3) is 0.280. The lowest BCUT2D eigenvalue weighted by molar-refractivity contribution is -0.139. The van der Waals surface area contributed by atoms with Gasteiger partial charge in [0.1, 0.15) is 12.1 Å². The number of aliphatic carboxylic acids is 1. The Morgan fingerprint density at radius 1 is 1.22 bits per heavy atom. The first-order valence-corrected chi connectivity index (χ1v) is 11.7. The first-order chi connectivity index (χ1) is 17.1. The first kappa shape index (κ1) is 26.9. The molecule has 0 saturated heterocycles. The number of carboxylic acid groups (broad SMARTS) is 1. The Kier molecular flexibility index (Phi) is 8.45. The number of aromatic hydroxyl groups is 1. The normalized spacial score (nSPS) is 13.3. The molecule has 0 aliphatic heterocycles. The van der Waals surface area contributed by atoms with Crippen LogP contribution in [0.4, 0.5) is 0 Å². The molecule has 0 radical (unpaired) electrons. The van der Waals surface area contributed by atoms with Crippen LogP contribution in [0.15, 0.2) is 42.9 Å². The number of rotatable bonds is 9. The minimum Gasteiger partial charge on any atom is -0.503 e. The summed E-state index contributed by atoms with van der Waals surface area (Å²) in [6.45, 7) is 3.72. The van der Waals surface area contributed by atoms with Crippen LogP contribution in [-0.2, 0) is 4.79 Å². The Morgan fingerprint density at radius 2 is 1.94 bits per heavy atom. The molecule has 3 aromatic rings. The molecule has 11 heteroatoms. The van der Waals surface area contributed by atoms with Gasteiger partial charge >= 0.3 is 5.97 Å². The quantitative estimate of drug-likeness (QED) is 0.357. The van der Waals surface area contributed by atoms with Crippen molar-refractivity contribution in [2.45, 2.75) is 32.4 Å². The standard InChI is InChI=1S/C25H24Cl2N4O5/c1-13(9-19(25(34)35)30-24(33)22-23(32)20(36-3)7-8-29-22)14(2)31-11-15(10-28)17(12-31)16-5-4-6-18(26)21(16)27/h4-8,11-14,19,32H,9H2,1-3H3,(H,30,33)(H,34,35)/t13?,14?,19-/m0/s1. The second-order valence-corrected chi connectivity index (χ2v) is 9.06. The second kappa shape index (κ2) is 11.3. The van der Waals surface area contributed by atoms with Crippen molar-refractivity contribution in [2.75, 3.05) is 7.11 Å². The molecule has 0 spiro atoms. The Bertz CT molecular complexity index is 1330. The Balaban J connectivity index is 1.81. The largest absolute Gasteiger partial charge is 0.503 e. The fourth-order valence-electron chi connectivity index (χ4n) is 3.80. The lowest BCUT2D eigenvalue weighted by atomic mass is 9.94. The van der Waals surface area contributed by atoms with E-state index >= 15 is 0 Å². The van der Waals surface area contributed by atoms with Crippen LogP contribution >= 0.6 is 23.2 Å². The van der Waals surface area contributed by atoms with Crippen molar-refractivity contribution < 1.29 is 24.5 Å². The Morgan fingerprint density at radius 3 is 2.58 bits per heavy atom. The summed E-state index contributed by atoms with van der Waals surface area (Å²) in [5.74, 6) is -2.77. The molecule has 188 valence electrons. The number of amides is 1. The van der Waals surface area contributed by atoms with Crippen LogP contribution in [-0.4, -0.2) is 44.8 Å². The first-order valence-electron chi connectivity index (χ1n) is 10.9. The summed E-state index contributed by atoms with van der Waals surface area (Å²) in [6.07, 6.45) is 4.78. The van der Waals surface area contributed by atoms with E-state index in [0.29, 0.717) is 26.7 Å². The number of carbonyl (C=O) groups is 2. The van der Waals surface area contributed by atoms with Gasteiger partial charge in [-0.3, -0.25) is 4.79 Å². The van der Waals surface area contributed by atoms with Gasteiger partial charge in [0.05, 0.1) is 22.7 Å². The summed E-state index contributed by atoms with van der Waals surface area (Å²) in [5, 5.41) is 32.7. The van der Waals surface area contributed by atoms with Crippen molar-refractivity contribution >= 4 is 35.1 Å². The van der Waals surface area contributed by atoms with Gasteiger partial charge in [0, 0.05) is 41.8 Å². The number of nitrogens with zero attached hydrogens (tertiary/aromatic N) is 3. The Labute approximate surface area is 217 Å². The van der Waals surface area contributed by atoms with Crippen LogP contribution in [0.5, 0.6) is 11.5 Å². The molecule has 2 unspecified atom stereocenters. The molecular weight excluding hydrogens is 507 g/mol. The predicted octanol–water partition coefficient (Wildman–Crippen LogP) is 4.91. The topological polar surface area (TPSA) is 137 Å². The van der Waals surface area contributed by atoms with Gasteiger partial charge in [-0.25, -0.2) is 9.78 Å². The van der Waals surface area contributed by atoms with Crippen LogP contribution in [0.25, 0.3) is 11.1 Å². The lowest BCUT2D eigenvalue weighted by Gasteiger charge is -2.25. The number of carboxylic acids is 1. The summed E-state index contributed by atoms with van der Waals surface area (Å²) in [7, 11) is 1.32. The number of carbonyl (C=O) groups excluding carboxylic acids is 1. The molecule has 0 bridgehead atoms. The smallest absolute Gasteiger partial charge is 0.326 e. The number of pyridine rings is 1. The van der Waals surface area contributed by atoms with Crippen molar-refractivity contribution in [1.29, 1.82) is 5.26 Å². The number of halogens is 2. The van der Waals surface area contributed by atoms with Crippen molar-refractivity contribution in [1.82, 2.24) is 14.9 Å². The van der Waals surface area contributed by atoms with Crippen LogP contribution in [0.3, 0.4) is 0 Å².